The zero-order chi connectivity index (χ0) is 16.8. The number of esters is 2. The van der Waals surface area contributed by atoms with Crippen molar-refractivity contribution in [1.29, 1.82) is 0 Å². The molecule has 1 heterocycles. The van der Waals surface area contributed by atoms with E-state index in [4.69, 9.17) is 4.74 Å². The van der Waals surface area contributed by atoms with E-state index in [1.54, 1.807) is 6.07 Å². The Labute approximate surface area is 137 Å². The van der Waals surface area contributed by atoms with Crippen LogP contribution in [0.25, 0.3) is 10.4 Å². The summed E-state index contributed by atoms with van der Waals surface area (Å²) in [5, 5.41) is 2.90. The largest absolute Gasteiger partial charge is 0.469 e. The second kappa shape index (κ2) is 7.55. The topological polar surface area (TPSA) is 81.7 Å². The van der Waals surface area contributed by atoms with Crippen LogP contribution in [-0.2, 0) is 19.1 Å². The Morgan fingerprint density at radius 1 is 1.09 bits per heavy atom. The highest BCUT2D eigenvalue weighted by molar-refractivity contribution is 7.20. The molecule has 0 radical (unpaired) electrons. The van der Waals surface area contributed by atoms with Gasteiger partial charge in [-0.2, -0.15) is 0 Å². The first-order valence-electron chi connectivity index (χ1n) is 6.69. The molecule has 0 atom stereocenters. The number of hydrogen-bond acceptors (Lipinski definition) is 6. The van der Waals surface area contributed by atoms with Crippen LogP contribution in [0, 0.1) is 0 Å². The van der Waals surface area contributed by atoms with Crippen molar-refractivity contribution < 1.29 is 23.9 Å². The monoisotopic (exact) mass is 333 g/mol. The third-order valence-corrected chi connectivity index (χ3v) is 4.08. The molecule has 0 saturated heterocycles. The minimum Gasteiger partial charge on any atom is -0.469 e. The van der Waals surface area contributed by atoms with Gasteiger partial charge in [0.1, 0.15) is 11.4 Å². The highest BCUT2D eigenvalue weighted by Gasteiger charge is 2.20. The van der Waals surface area contributed by atoms with Gasteiger partial charge in [-0.3, -0.25) is 9.59 Å². The van der Waals surface area contributed by atoms with E-state index in [0.29, 0.717) is 5.00 Å². The molecule has 0 unspecified atom stereocenters. The zero-order valence-electron chi connectivity index (χ0n) is 12.6. The number of carbonyl (C=O) groups is 3. The van der Waals surface area contributed by atoms with Gasteiger partial charge in [-0.05, 0) is 11.6 Å². The van der Waals surface area contributed by atoms with Crippen LogP contribution in [0.15, 0.2) is 36.4 Å². The van der Waals surface area contributed by atoms with E-state index in [0.717, 1.165) is 10.4 Å². The van der Waals surface area contributed by atoms with E-state index < -0.39 is 24.3 Å². The number of methoxy groups -OCH3 is 2. The summed E-state index contributed by atoms with van der Waals surface area (Å²) in [5.41, 5.74) is 1.16. The predicted octanol–water partition coefficient (Wildman–Crippen LogP) is 2.70. The molecule has 1 aromatic carbocycles. The van der Waals surface area contributed by atoms with Gasteiger partial charge in [0.25, 0.3) is 0 Å². The molecular weight excluding hydrogens is 318 g/mol. The Kier molecular flexibility index (Phi) is 5.48. The molecule has 0 saturated carbocycles. The van der Waals surface area contributed by atoms with E-state index in [-0.39, 0.29) is 5.56 Å². The first-order valence-corrected chi connectivity index (χ1v) is 7.51. The smallest absolute Gasteiger partial charge is 0.340 e. The number of ether oxygens (including phenoxy) is 2. The maximum atomic E-state index is 11.9. The second-order valence-electron chi connectivity index (χ2n) is 4.51. The highest BCUT2D eigenvalue weighted by atomic mass is 32.1. The Balaban J connectivity index is 2.30. The van der Waals surface area contributed by atoms with Crippen LogP contribution < -0.4 is 5.32 Å². The summed E-state index contributed by atoms with van der Waals surface area (Å²) in [6.45, 7) is 0. The Morgan fingerprint density at radius 2 is 1.78 bits per heavy atom. The number of rotatable bonds is 5. The average Bonchev–Trinajstić information content (AvgIpc) is 2.98. The van der Waals surface area contributed by atoms with Crippen LogP contribution in [0.1, 0.15) is 16.8 Å². The Morgan fingerprint density at radius 3 is 2.39 bits per heavy atom. The normalized spacial score (nSPS) is 10.0. The molecule has 0 fully saturated rings. The van der Waals surface area contributed by atoms with Crippen LogP contribution >= 0.6 is 11.3 Å². The van der Waals surface area contributed by atoms with Crippen molar-refractivity contribution in [1.82, 2.24) is 0 Å². The maximum absolute atomic E-state index is 11.9. The first-order chi connectivity index (χ1) is 11.0. The van der Waals surface area contributed by atoms with Crippen molar-refractivity contribution in [3.05, 3.63) is 42.0 Å². The molecule has 6 nitrogen and oxygen atoms in total. The van der Waals surface area contributed by atoms with Gasteiger partial charge in [-0.25, -0.2) is 4.79 Å². The number of hydrogen-bond donors (Lipinski definition) is 1. The lowest BCUT2D eigenvalue weighted by Gasteiger charge is -2.04. The minimum absolute atomic E-state index is 0.245. The number of amides is 1. The molecule has 2 aromatic rings. The van der Waals surface area contributed by atoms with E-state index in [1.807, 2.05) is 30.3 Å². The molecule has 1 N–H and O–H groups in total. The molecule has 23 heavy (non-hydrogen) atoms. The molecule has 0 aliphatic heterocycles. The van der Waals surface area contributed by atoms with Crippen molar-refractivity contribution in [2.45, 2.75) is 6.42 Å². The van der Waals surface area contributed by atoms with Gasteiger partial charge in [0.05, 0.1) is 19.8 Å². The maximum Gasteiger partial charge on any atom is 0.340 e. The highest BCUT2D eigenvalue weighted by Crippen LogP contribution is 2.35. The molecule has 0 spiro atoms. The van der Waals surface area contributed by atoms with Gasteiger partial charge in [-0.15, -0.1) is 11.3 Å². The lowest BCUT2D eigenvalue weighted by Crippen LogP contribution is -2.18. The number of thiophene rings is 1. The zero-order valence-corrected chi connectivity index (χ0v) is 13.4. The van der Waals surface area contributed by atoms with Crippen molar-refractivity contribution in [3.8, 4) is 10.4 Å². The molecule has 0 bridgehead atoms. The number of anilines is 1. The van der Waals surface area contributed by atoms with Gasteiger partial charge >= 0.3 is 11.9 Å². The first kappa shape index (κ1) is 16.7. The van der Waals surface area contributed by atoms with E-state index in [2.05, 4.69) is 10.1 Å². The fourth-order valence-electron chi connectivity index (χ4n) is 1.86. The third-order valence-electron chi connectivity index (χ3n) is 2.98. The summed E-state index contributed by atoms with van der Waals surface area (Å²) >= 11 is 1.23. The molecule has 1 aromatic heterocycles. The fraction of sp³-hybridized carbons (Fsp3) is 0.188. The summed E-state index contributed by atoms with van der Waals surface area (Å²) in [5.74, 6) is -1.76. The number of carbonyl (C=O) groups excluding carboxylic acids is 3. The lowest BCUT2D eigenvalue weighted by molar-refractivity contribution is -0.142. The lowest BCUT2D eigenvalue weighted by atomic mass is 10.1. The van der Waals surface area contributed by atoms with E-state index in [9.17, 15) is 14.4 Å². The van der Waals surface area contributed by atoms with Crippen molar-refractivity contribution in [2.24, 2.45) is 0 Å². The summed E-state index contributed by atoms with van der Waals surface area (Å²) in [6, 6.07) is 11.1. The van der Waals surface area contributed by atoms with Crippen LogP contribution in [0.4, 0.5) is 5.00 Å². The van der Waals surface area contributed by atoms with Crippen LogP contribution in [0.3, 0.4) is 0 Å². The Bertz CT molecular complexity index is 723. The van der Waals surface area contributed by atoms with Gasteiger partial charge in [0.2, 0.25) is 5.91 Å². The molecule has 120 valence electrons. The SMILES string of the molecule is COC(=O)CC(=O)Nc1sc(-c2ccccc2)cc1C(=O)OC. The second-order valence-corrected chi connectivity index (χ2v) is 5.56. The predicted molar refractivity (Wildman–Crippen MR) is 86.4 cm³/mol. The van der Waals surface area contributed by atoms with Crippen molar-refractivity contribution in [2.75, 3.05) is 19.5 Å². The molecule has 0 aliphatic rings. The summed E-state index contributed by atoms with van der Waals surface area (Å²) < 4.78 is 9.18. The van der Waals surface area contributed by atoms with Gasteiger partial charge < -0.3 is 14.8 Å². The average molecular weight is 333 g/mol. The molecular formula is C16H15NO5S. The van der Waals surface area contributed by atoms with Crippen molar-refractivity contribution >= 4 is 34.2 Å². The molecule has 1 amide bonds. The van der Waals surface area contributed by atoms with Gasteiger partial charge in [0.15, 0.2) is 0 Å². The summed E-state index contributed by atoms with van der Waals surface area (Å²) in [4.78, 5) is 35.7. The van der Waals surface area contributed by atoms with Crippen molar-refractivity contribution in [3.63, 3.8) is 0 Å². The number of benzene rings is 1. The van der Waals surface area contributed by atoms with Crippen LogP contribution in [-0.4, -0.2) is 32.1 Å². The van der Waals surface area contributed by atoms with Gasteiger partial charge in [-0.1, -0.05) is 30.3 Å². The standard InChI is InChI=1S/C16H15NO5S/c1-21-14(19)9-13(18)17-15-11(16(20)22-2)8-12(23-15)10-6-4-3-5-7-10/h3-8H,9H2,1-2H3,(H,17,18). The van der Waals surface area contributed by atoms with Crippen LogP contribution in [0.2, 0.25) is 0 Å². The van der Waals surface area contributed by atoms with E-state index in [1.165, 1.54) is 25.6 Å². The summed E-state index contributed by atoms with van der Waals surface area (Å²) in [7, 11) is 2.47. The fourth-order valence-corrected chi connectivity index (χ4v) is 2.93. The Hall–Kier alpha value is -2.67. The molecule has 0 aliphatic carbocycles. The third kappa shape index (κ3) is 4.17. The molecule has 7 heteroatoms. The van der Waals surface area contributed by atoms with Crippen LogP contribution in [0.5, 0.6) is 0 Å². The van der Waals surface area contributed by atoms with Gasteiger partial charge in [0, 0.05) is 4.88 Å². The minimum atomic E-state index is -0.651. The van der Waals surface area contributed by atoms with E-state index >= 15 is 0 Å². The molecule has 2 rings (SSSR count). The summed E-state index contributed by atoms with van der Waals surface area (Å²) in [6.07, 6.45) is -0.421. The number of nitrogens with one attached hydrogen (secondary N) is 1. The quantitative estimate of drug-likeness (QED) is 0.672.